The quantitative estimate of drug-likeness (QED) is 0.613. The molecule has 0 unspecified atom stereocenters. The summed E-state index contributed by atoms with van der Waals surface area (Å²) in [5.74, 6) is 0.858. The molecular weight excluding hydrogens is 312 g/mol. The number of nitrogens with one attached hydrogen (secondary N) is 2. The van der Waals surface area contributed by atoms with Crippen LogP contribution in [0.1, 0.15) is 32.3 Å². The molecule has 2 N–H and O–H groups in total. The molecule has 0 spiro atoms. The Bertz CT molecular complexity index is 548. The third-order valence-electron chi connectivity index (χ3n) is 5.43. The Balaban J connectivity index is 1.92. The Morgan fingerprint density at radius 1 is 1.16 bits per heavy atom. The van der Waals surface area contributed by atoms with Crippen molar-refractivity contribution in [2.24, 2.45) is 4.99 Å². The second-order valence-electron chi connectivity index (χ2n) is 7.76. The van der Waals surface area contributed by atoms with Gasteiger partial charge in [-0.25, -0.2) is 0 Å². The van der Waals surface area contributed by atoms with E-state index in [9.17, 15) is 0 Å². The highest BCUT2D eigenvalue weighted by molar-refractivity contribution is 5.79. The molecule has 2 rings (SSSR count). The predicted octanol–water partition coefficient (Wildman–Crippen LogP) is 2.24. The summed E-state index contributed by atoms with van der Waals surface area (Å²) in [6, 6.07) is 10.6. The van der Waals surface area contributed by atoms with Crippen LogP contribution in [-0.2, 0) is 10.2 Å². The Kier molecular flexibility index (Phi) is 6.85. The van der Waals surface area contributed by atoms with E-state index in [0.29, 0.717) is 0 Å². The first-order chi connectivity index (χ1) is 11.9. The second-order valence-corrected chi connectivity index (χ2v) is 7.76. The van der Waals surface area contributed by atoms with Gasteiger partial charge in [0, 0.05) is 44.3 Å². The van der Waals surface area contributed by atoms with Crippen LogP contribution in [0, 0.1) is 0 Å². The summed E-state index contributed by atoms with van der Waals surface area (Å²) in [6.07, 6.45) is 2.08. The van der Waals surface area contributed by atoms with E-state index in [-0.39, 0.29) is 11.0 Å². The van der Waals surface area contributed by atoms with Gasteiger partial charge in [0.2, 0.25) is 0 Å². The van der Waals surface area contributed by atoms with E-state index in [0.717, 1.165) is 45.1 Å². The fourth-order valence-corrected chi connectivity index (χ4v) is 3.30. The first-order valence-electron chi connectivity index (χ1n) is 9.15. The normalized spacial score (nSPS) is 18.2. The lowest BCUT2D eigenvalue weighted by Gasteiger charge is -2.43. The minimum absolute atomic E-state index is 0.0385. The van der Waals surface area contributed by atoms with Gasteiger partial charge in [0.05, 0.1) is 0 Å². The van der Waals surface area contributed by atoms with Crippen LogP contribution in [0.25, 0.3) is 0 Å². The van der Waals surface area contributed by atoms with E-state index in [2.05, 4.69) is 78.8 Å². The molecule has 25 heavy (non-hydrogen) atoms. The zero-order chi connectivity index (χ0) is 18.3. The molecule has 1 aliphatic rings. The van der Waals surface area contributed by atoms with E-state index < -0.39 is 0 Å². The molecule has 1 heterocycles. The minimum atomic E-state index is 0.0385. The number of aliphatic imine (C=N–C) groups is 1. The van der Waals surface area contributed by atoms with Gasteiger partial charge in [-0.2, -0.15) is 0 Å². The number of hydrogen-bond acceptors (Lipinski definition) is 3. The van der Waals surface area contributed by atoms with E-state index in [1.54, 1.807) is 0 Å². The Morgan fingerprint density at radius 3 is 2.36 bits per heavy atom. The summed E-state index contributed by atoms with van der Waals surface area (Å²) in [6.45, 7) is 7.86. The van der Waals surface area contributed by atoms with Gasteiger partial charge in [0.15, 0.2) is 5.96 Å². The molecule has 0 amide bonds. The molecule has 0 aromatic heterocycles. The van der Waals surface area contributed by atoms with Crippen LogP contribution >= 0.6 is 0 Å². The molecule has 1 aliphatic heterocycles. The predicted molar refractivity (Wildman–Crippen MR) is 105 cm³/mol. The lowest BCUT2D eigenvalue weighted by Crippen LogP contribution is -2.57. The minimum Gasteiger partial charge on any atom is -0.381 e. The van der Waals surface area contributed by atoms with Crippen molar-refractivity contribution >= 4 is 5.96 Å². The van der Waals surface area contributed by atoms with Crippen molar-refractivity contribution in [2.45, 2.75) is 37.6 Å². The second kappa shape index (κ2) is 8.68. The zero-order valence-corrected chi connectivity index (χ0v) is 16.4. The maximum absolute atomic E-state index is 5.55. The van der Waals surface area contributed by atoms with Crippen molar-refractivity contribution in [1.82, 2.24) is 15.5 Å². The van der Waals surface area contributed by atoms with Gasteiger partial charge in [-0.1, -0.05) is 44.2 Å². The lowest BCUT2D eigenvalue weighted by molar-refractivity contribution is -0.00501. The third kappa shape index (κ3) is 5.19. The van der Waals surface area contributed by atoms with Crippen molar-refractivity contribution in [1.29, 1.82) is 0 Å². The third-order valence-corrected chi connectivity index (χ3v) is 5.43. The molecule has 140 valence electrons. The van der Waals surface area contributed by atoms with Gasteiger partial charge in [-0.3, -0.25) is 4.99 Å². The van der Waals surface area contributed by atoms with Crippen LogP contribution in [0.4, 0.5) is 0 Å². The summed E-state index contributed by atoms with van der Waals surface area (Å²) in [5.41, 5.74) is 1.49. The summed E-state index contributed by atoms with van der Waals surface area (Å²) >= 11 is 0. The summed E-state index contributed by atoms with van der Waals surface area (Å²) < 4.78 is 5.55. The zero-order valence-electron chi connectivity index (χ0n) is 16.4. The molecular formula is C20H34N4O. The number of hydrogen-bond donors (Lipinski definition) is 2. The maximum atomic E-state index is 5.55. The van der Waals surface area contributed by atoms with Crippen LogP contribution in [0.3, 0.4) is 0 Å². The van der Waals surface area contributed by atoms with E-state index in [4.69, 9.17) is 4.74 Å². The average Bonchev–Trinajstić information content (AvgIpc) is 2.63. The van der Waals surface area contributed by atoms with Crippen molar-refractivity contribution < 1.29 is 4.74 Å². The maximum Gasteiger partial charge on any atom is 0.191 e. The molecule has 1 aromatic carbocycles. The first kappa shape index (κ1) is 19.7. The SMILES string of the molecule is CN=C(NCC(C)(C)c1ccccc1)NCC1(N(C)C)CCOCC1. The molecule has 1 aromatic rings. The van der Waals surface area contributed by atoms with Crippen LogP contribution in [0.15, 0.2) is 35.3 Å². The highest BCUT2D eigenvalue weighted by Gasteiger charge is 2.35. The van der Waals surface area contributed by atoms with Crippen LogP contribution in [0.2, 0.25) is 0 Å². The molecule has 5 nitrogen and oxygen atoms in total. The van der Waals surface area contributed by atoms with Gasteiger partial charge < -0.3 is 20.3 Å². The van der Waals surface area contributed by atoms with E-state index in [1.807, 2.05) is 7.05 Å². The Labute approximate surface area is 152 Å². The monoisotopic (exact) mass is 346 g/mol. The van der Waals surface area contributed by atoms with Crippen molar-refractivity contribution in [2.75, 3.05) is 47.4 Å². The fourth-order valence-electron chi connectivity index (χ4n) is 3.30. The molecule has 0 bridgehead atoms. The highest BCUT2D eigenvalue weighted by atomic mass is 16.5. The van der Waals surface area contributed by atoms with Gasteiger partial charge in [-0.05, 0) is 32.5 Å². The number of nitrogens with zero attached hydrogens (tertiary/aromatic N) is 2. The Hall–Kier alpha value is -1.59. The van der Waals surface area contributed by atoms with E-state index >= 15 is 0 Å². The fraction of sp³-hybridized carbons (Fsp3) is 0.650. The first-order valence-corrected chi connectivity index (χ1v) is 9.15. The molecule has 0 atom stereocenters. The number of likely N-dealkylation sites (N-methyl/N-ethyl adjacent to an activating group) is 1. The van der Waals surface area contributed by atoms with Crippen molar-refractivity contribution in [3.63, 3.8) is 0 Å². The van der Waals surface area contributed by atoms with E-state index in [1.165, 1.54) is 5.56 Å². The standard InChI is InChI=1S/C20H34N4O/c1-19(2,17-9-7-6-8-10-17)15-22-18(21-3)23-16-20(24(4)5)11-13-25-14-12-20/h6-10H,11-16H2,1-5H3,(H2,21,22,23). The van der Waals surface area contributed by atoms with Gasteiger partial charge in [0.25, 0.3) is 0 Å². The van der Waals surface area contributed by atoms with Gasteiger partial charge in [0.1, 0.15) is 0 Å². The molecule has 0 aliphatic carbocycles. The number of ether oxygens (including phenoxy) is 1. The summed E-state index contributed by atoms with van der Waals surface area (Å²) in [4.78, 5) is 6.73. The summed E-state index contributed by atoms with van der Waals surface area (Å²) in [5, 5.41) is 7.02. The summed E-state index contributed by atoms with van der Waals surface area (Å²) in [7, 11) is 6.14. The lowest BCUT2D eigenvalue weighted by atomic mass is 9.85. The molecule has 0 radical (unpaired) electrons. The number of guanidine groups is 1. The molecule has 1 fully saturated rings. The van der Waals surface area contributed by atoms with Crippen molar-refractivity contribution in [3.05, 3.63) is 35.9 Å². The molecule has 0 saturated carbocycles. The van der Waals surface area contributed by atoms with Gasteiger partial charge >= 0.3 is 0 Å². The smallest absolute Gasteiger partial charge is 0.191 e. The highest BCUT2D eigenvalue weighted by Crippen LogP contribution is 2.25. The molecule has 1 saturated heterocycles. The van der Waals surface area contributed by atoms with Crippen LogP contribution in [0.5, 0.6) is 0 Å². The van der Waals surface area contributed by atoms with Gasteiger partial charge in [-0.15, -0.1) is 0 Å². The molecule has 5 heteroatoms. The largest absolute Gasteiger partial charge is 0.381 e. The average molecular weight is 347 g/mol. The van der Waals surface area contributed by atoms with Crippen LogP contribution < -0.4 is 10.6 Å². The number of benzene rings is 1. The number of rotatable bonds is 6. The topological polar surface area (TPSA) is 48.9 Å². The van der Waals surface area contributed by atoms with Crippen molar-refractivity contribution in [3.8, 4) is 0 Å². The van der Waals surface area contributed by atoms with Crippen LogP contribution in [-0.4, -0.2) is 63.8 Å². The Morgan fingerprint density at radius 2 is 1.80 bits per heavy atom.